The Balaban J connectivity index is 2.49. The number of nitrogens with two attached hydrogens (primary N) is 1. The Hall–Kier alpha value is -1.12. The van der Waals surface area contributed by atoms with Crippen LogP contribution in [0.15, 0.2) is 18.2 Å². The van der Waals surface area contributed by atoms with Gasteiger partial charge in [-0.05, 0) is 40.8 Å². The fraction of sp³-hybridized carbons (Fsp3) is 0.231. The van der Waals surface area contributed by atoms with Crippen molar-refractivity contribution in [3.8, 4) is 17.1 Å². The van der Waals surface area contributed by atoms with Gasteiger partial charge in [-0.2, -0.15) is 0 Å². The second-order valence-corrected chi connectivity index (χ2v) is 5.46. The molecule has 7 heteroatoms. The van der Waals surface area contributed by atoms with E-state index in [9.17, 15) is 0 Å². The van der Waals surface area contributed by atoms with E-state index in [2.05, 4.69) is 32.6 Å². The van der Waals surface area contributed by atoms with Crippen molar-refractivity contribution < 1.29 is 9.47 Å². The molecule has 0 radical (unpaired) electrons. The van der Waals surface area contributed by atoms with E-state index in [1.807, 2.05) is 6.07 Å². The third kappa shape index (κ3) is 3.13. The summed E-state index contributed by atoms with van der Waals surface area (Å²) in [5.41, 5.74) is 7.44. The SMILES string of the molecule is COCc1nc(-c2ccc(OC)c(Cl)c2)nc(N)c1I. The Morgan fingerprint density at radius 2 is 2.05 bits per heavy atom. The van der Waals surface area contributed by atoms with Crippen molar-refractivity contribution in [2.75, 3.05) is 20.0 Å². The van der Waals surface area contributed by atoms with Gasteiger partial charge in [-0.15, -0.1) is 0 Å². The first-order chi connectivity index (χ1) is 9.56. The number of rotatable bonds is 4. The van der Waals surface area contributed by atoms with E-state index in [1.165, 1.54) is 0 Å². The van der Waals surface area contributed by atoms with Crippen LogP contribution in [0, 0.1) is 3.57 Å². The molecule has 5 nitrogen and oxygen atoms in total. The maximum absolute atomic E-state index is 6.11. The first kappa shape index (κ1) is 15.3. The quantitative estimate of drug-likeness (QED) is 0.792. The van der Waals surface area contributed by atoms with Crippen LogP contribution in [-0.2, 0) is 11.3 Å². The van der Waals surface area contributed by atoms with Gasteiger partial charge in [-0.1, -0.05) is 11.6 Å². The summed E-state index contributed by atoms with van der Waals surface area (Å²) in [6, 6.07) is 5.35. The molecule has 1 heterocycles. The molecule has 0 aliphatic rings. The lowest BCUT2D eigenvalue weighted by Gasteiger charge is -2.09. The van der Waals surface area contributed by atoms with Gasteiger partial charge in [0.05, 0.1) is 28.0 Å². The summed E-state index contributed by atoms with van der Waals surface area (Å²) < 4.78 is 11.0. The molecule has 1 aromatic heterocycles. The van der Waals surface area contributed by atoms with Gasteiger partial charge in [-0.3, -0.25) is 0 Å². The molecule has 0 amide bonds. The Morgan fingerprint density at radius 3 is 2.65 bits per heavy atom. The number of hydrogen-bond donors (Lipinski definition) is 1. The molecule has 0 spiro atoms. The minimum absolute atomic E-state index is 0.377. The van der Waals surface area contributed by atoms with E-state index in [0.29, 0.717) is 29.0 Å². The zero-order valence-electron chi connectivity index (χ0n) is 11.0. The smallest absolute Gasteiger partial charge is 0.161 e. The van der Waals surface area contributed by atoms with Gasteiger partial charge in [-0.25, -0.2) is 9.97 Å². The van der Waals surface area contributed by atoms with Gasteiger partial charge in [0, 0.05) is 12.7 Å². The summed E-state index contributed by atoms with van der Waals surface area (Å²) in [6.07, 6.45) is 0. The molecule has 0 saturated carbocycles. The molecule has 0 atom stereocenters. The topological polar surface area (TPSA) is 70.3 Å². The molecule has 106 valence electrons. The maximum atomic E-state index is 6.11. The van der Waals surface area contributed by atoms with Crippen molar-refractivity contribution >= 4 is 40.0 Å². The Kier molecular flexibility index (Phi) is 5.00. The highest BCUT2D eigenvalue weighted by Gasteiger charge is 2.12. The summed E-state index contributed by atoms with van der Waals surface area (Å²) in [5.74, 6) is 1.54. The molecule has 1 aromatic carbocycles. The van der Waals surface area contributed by atoms with Gasteiger partial charge in [0.2, 0.25) is 0 Å². The van der Waals surface area contributed by atoms with E-state index >= 15 is 0 Å². The van der Waals surface area contributed by atoms with Crippen LogP contribution in [0.3, 0.4) is 0 Å². The van der Waals surface area contributed by atoms with Crippen LogP contribution in [-0.4, -0.2) is 24.2 Å². The summed E-state index contributed by atoms with van der Waals surface area (Å²) in [6.45, 7) is 0.377. The van der Waals surface area contributed by atoms with Crippen LogP contribution in [0.2, 0.25) is 5.02 Å². The van der Waals surface area contributed by atoms with Crippen molar-refractivity contribution in [2.24, 2.45) is 0 Å². The van der Waals surface area contributed by atoms with Crippen molar-refractivity contribution in [1.29, 1.82) is 0 Å². The van der Waals surface area contributed by atoms with Crippen molar-refractivity contribution in [3.63, 3.8) is 0 Å². The minimum Gasteiger partial charge on any atom is -0.495 e. The molecule has 2 N–H and O–H groups in total. The highest BCUT2D eigenvalue weighted by Crippen LogP contribution is 2.30. The van der Waals surface area contributed by atoms with Crippen LogP contribution >= 0.6 is 34.2 Å². The number of methoxy groups -OCH3 is 2. The second-order valence-electron chi connectivity index (χ2n) is 3.98. The zero-order chi connectivity index (χ0) is 14.7. The summed E-state index contributed by atoms with van der Waals surface area (Å²) >= 11 is 8.22. The summed E-state index contributed by atoms with van der Waals surface area (Å²) in [4.78, 5) is 8.75. The predicted molar refractivity (Wildman–Crippen MR) is 86.9 cm³/mol. The lowest BCUT2D eigenvalue weighted by molar-refractivity contribution is 0.181. The van der Waals surface area contributed by atoms with Crippen molar-refractivity contribution in [3.05, 3.63) is 32.5 Å². The molecule has 0 fully saturated rings. The molecule has 20 heavy (non-hydrogen) atoms. The van der Waals surface area contributed by atoms with E-state index in [-0.39, 0.29) is 0 Å². The first-order valence-electron chi connectivity index (χ1n) is 5.71. The Labute approximate surface area is 135 Å². The van der Waals surface area contributed by atoms with Crippen LogP contribution in [0.5, 0.6) is 5.75 Å². The van der Waals surface area contributed by atoms with Crippen LogP contribution in [0.1, 0.15) is 5.69 Å². The zero-order valence-corrected chi connectivity index (χ0v) is 13.9. The monoisotopic (exact) mass is 405 g/mol. The average Bonchev–Trinajstić information content (AvgIpc) is 2.43. The molecule has 0 saturated heterocycles. The number of ether oxygens (including phenoxy) is 2. The van der Waals surface area contributed by atoms with Crippen LogP contribution in [0.25, 0.3) is 11.4 Å². The largest absolute Gasteiger partial charge is 0.495 e. The van der Waals surface area contributed by atoms with Gasteiger partial charge in [0.15, 0.2) is 5.82 Å². The number of aromatic nitrogens is 2. The third-order valence-electron chi connectivity index (χ3n) is 2.64. The van der Waals surface area contributed by atoms with Gasteiger partial charge in [0.25, 0.3) is 0 Å². The summed E-state index contributed by atoms with van der Waals surface area (Å²) in [7, 11) is 3.18. The lowest BCUT2D eigenvalue weighted by atomic mass is 10.2. The molecule has 0 bridgehead atoms. The van der Waals surface area contributed by atoms with Gasteiger partial charge < -0.3 is 15.2 Å². The molecular weight excluding hydrogens is 393 g/mol. The number of anilines is 1. The maximum Gasteiger partial charge on any atom is 0.161 e. The fourth-order valence-electron chi connectivity index (χ4n) is 1.68. The standard InChI is InChI=1S/C13H13ClIN3O2/c1-19-6-9-11(15)12(16)18-13(17-9)7-3-4-10(20-2)8(14)5-7/h3-5H,6H2,1-2H3,(H2,16,17,18). The average molecular weight is 406 g/mol. The minimum atomic E-state index is 0.377. The number of nitrogens with zero attached hydrogens (tertiary/aromatic N) is 2. The van der Waals surface area contributed by atoms with Crippen LogP contribution in [0.4, 0.5) is 5.82 Å². The first-order valence-corrected chi connectivity index (χ1v) is 7.17. The third-order valence-corrected chi connectivity index (χ3v) is 4.11. The molecule has 0 unspecified atom stereocenters. The normalized spacial score (nSPS) is 10.6. The van der Waals surface area contributed by atoms with Crippen molar-refractivity contribution in [2.45, 2.75) is 6.61 Å². The summed E-state index contributed by atoms with van der Waals surface area (Å²) in [5, 5.41) is 0.499. The second kappa shape index (κ2) is 6.55. The van der Waals surface area contributed by atoms with Gasteiger partial charge >= 0.3 is 0 Å². The molecule has 0 aliphatic carbocycles. The van der Waals surface area contributed by atoms with Crippen LogP contribution < -0.4 is 10.5 Å². The highest BCUT2D eigenvalue weighted by molar-refractivity contribution is 14.1. The number of nitrogen functional groups attached to an aromatic ring is 1. The fourth-order valence-corrected chi connectivity index (χ4v) is 2.33. The van der Waals surface area contributed by atoms with E-state index in [1.54, 1.807) is 26.4 Å². The van der Waals surface area contributed by atoms with Gasteiger partial charge in [0.1, 0.15) is 11.6 Å². The van der Waals surface area contributed by atoms with E-state index < -0.39 is 0 Å². The molecule has 2 rings (SSSR count). The van der Waals surface area contributed by atoms with E-state index in [4.69, 9.17) is 26.8 Å². The van der Waals surface area contributed by atoms with Crippen molar-refractivity contribution in [1.82, 2.24) is 9.97 Å². The number of hydrogen-bond acceptors (Lipinski definition) is 5. The highest BCUT2D eigenvalue weighted by atomic mass is 127. The lowest BCUT2D eigenvalue weighted by Crippen LogP contribution is -2.06. The molecule has 2 aromatic rings. The predicted octanol–water partition coefficient (Wildman–Crippen LogP) is 3.14. The number of halogens is 2. The number of benzene rings is 1. The molecule has 0 aliphatic heterocycles. The Morgan fingerprint density at radius 1 is 1.30 bits per heavy atom. The van der Waals surface area contributed by atoms with E-state index in [0.717, 1.165) is 14.8 Å². The molecular formula is C13H13ClIN3O2. The Bertz CT molecular complexity index is 637.